The summed E-state index contributed by atoms with van der Waals surface area (Å²) in [4.78, 5) is 11.8. The lowest BCUT2D eigenvalue weighted by Crippen LogP contribution is -2.51. The van der Waals surface area contributed by atoms with Crippen molar-refractivity contribution in [1.82, 2.24) is 10.6 Å². The zero-order valence-corrected chi connectivity index (χ0v) is 13.2. The van der Waals surface area contributed by atoms with Crippen LogP contribution in [0.1, 0.15) is 60.8 Å². The minimum Gasteiger partial charge on any atom is -0.444 e. The minimum absolute atomic E-state index is 0.191. The molecule has 1 aliphatic rings. The summed E-state index contributed by atoms with van der Waals surface area (Å²) in [7, 11) is 0. The monoisotopic (exact) mass is 270 g/mol. The van der Waals surface area contributed by atoms with E-state index < -0.39 is 5.60 Å². The molecule has 0 heterocycles. The Labute approximate surface area is 117 Å². The molecule has 0 spiro atoms. The van der Waals surface area contributed by atoms with E-state index in [2.05, 4.69) is 31.4 Å². The Balaban J connectivity index is 2.46. The summed E-state index contributed by atoms with van der Waals surface area (Å²) in [5.41, 5.74) is -0.434. The maximum atomic E-state index is 11.8. The second-order valence-electron chi connectivity index (χ2n) is 6.99. The molecule has 1 aliphatic carbocycles. The molecular weight excluding hydrogens is 240 g/mol. The predicted molar refractivity (Wildman–Crippen MR) is 78.2 cm³/mol. The number of ether oxygens (including phenoxy) is 1. The van der Waals surface area contributed by atoms with Crippen molar-refractivity contribution in [3.8, 4) is 0 Å². The van der Waals surface area contributed by atoms with Gasteiger partial charge in [0, 0.05) is 18.1 Å². The van der Waals surface area contributed by atoms with Crippen molar-refractivity contribution < 1.29 is 9.53 Å². The van der Waals surface area contributed by atoms with Crippen LogP contribution in [0.3, 0.4) is 0 Å². The number of nitrogens with one attached hydrogen (secondary N) is 2. The molecular formula is C15H30N2O2. The highest BCUT2D eigenvalue weighted by Crippen LogP contribution is 2.21. The summed E-state index contributed by atoms with van der Waals surface area (Å²) in [5, 5.41) is 6.63. The molecule has 4 heteroatoms. The molecule has 2 N–H and O–H groups in total. The third-order valence-corrected chi connectivity index (χ3v) is 3.70. The highest BCUT2D eigenvalue weighted by atomic mass is 16.6. The fourth-order valence-electron chi connectivity index (χ4n) is 2.32. The van der Waals surface area contributed by atoms with Crippen LogP contribution >= 0.6 is 0 Å². The molecule has 1 fully saturated rings. The Hall–Kier alpha value is -0.770. The lowest BCUT2D eigenvalue weighted by atomic mass is 10.0. The summed E-state index contributed by atoms with van der Waals surface area (Å²) in [5.74, 6) is 0.600. The van der Waals surface area contributed by atoms with Crippen LogP contribution in [0.4, 0.5) is 4.79 Å². The SMILES string of the molecule is CC(C)C(C)NC1CCCC1NC(=O)OC(C)(C)C. The van der Waals surface area contributed by atoms with Crippen LogP contribution in [-0.2, 0) is 4.74 Å². The van der Waals surface area contributed by atoms with Gasteiger partial charge in [0.25, 0.3) is 0 Å². The van der Waals surface area contributed by atoms with E-state index in [1.807, 2.05) is 20.8 Å². The van der Waals surface area contributed by atoms with Crippen LogP contribution in [0.15, 0.2) is 0 Å². The van der Waals surface area contributed by atoms with E-state index >= 15 is 0 Å². The molecule has 0 aliphatic heterocycles. The molecule has 19 heavy (non-hydrogen) atoms. The molecule has 0 aromatic heterocycles. The van der Waals surface area contributed by atoms with Crippen molar-refractivity contribution in [2.75, 3.05) is 0 Å². The molecule has 0 aromatic rings. The lowest BCUT2D eigenvalue weighted by Gasteiger charge is -2.28. The number of alkyl carbamates (subject to hydrolysis) is 1. The van der Waals surface area contributed by atoms with Crippen LogP contribution in [0.25, 0.3) is 0 Å². The highest BCUT2D eigenvalue weighted by molar-refractivity contribution is 5.68. The average Bonchev–Trinajstić information content (AvgIpc) is 2.62. The number of hydrogen-bond acceptors (Lipinski definition) is 3. The maximum Gasteiger partial charge on any atom is 0.407 e. The average molecular weight is 270 g/mol. The fraction of sp³-hybridized carbons (Fsp3) is 0.933. The zero-order valence-electron chi connectivity index (χ0n) is 13.2. The molecule has 1 saturated carbocycles. The van der Waals surface area contributed by atoms with Gasteiger partial charge in [0.15, 0.2) is 0 Å². The third-order valence-electron chi connectivity index (χ3n) is 3.70. The Morgan fingerprint density at radius 1 is 1.16 bits per heavy atom. The van der Waals surface area contributed by atoms with E-state index in [1.165, 1.54) is 0 Å². The molecule has 0 bridgehead atoms. The van der Waals surface area contributed by atoms with Gasteiger partial charge in [-0.25, -0.2) is 4.79 Å². The number of rotatable bonds is 4. The Bertz CT molecular complexity index is 297. The van der Waals surface area contributed by atoms with E-state index in [0.717, 1.165) is 19.3 Å². The molecule has 1 rings (SSSR count). The van der Waals surface area contributed by atoms with Gasteiger partial charge in [0.2, 0.25) is 0 Å². The van der Waals surface area contributed by atoms with Gasteiger partial charge in [-0.2, -0.15) is 0 Å². The van der Waals surface area contributed by atoms with E-state index in [4.69, 9.17) is 4.74 Å². The first-order chi connectivity index (χ1) is 8.69. The second kappa shape index (κ2) is 6.60. The summed E-state index contributed by atoms with van der Waals surface area (Å²) in [6, 6.07) is 1.02. The van der Waals surface area contributed by atoms with Crippen molar-refractivity contribution >= 4 is 6.09 Å². The zero-order chi connectivity index (χ0) is 14.6. The fourth-order valence-corrected chi connectivity index (χ4v) is 2.32. The summed E-state index contributed by atoms with van der Waals surface area (Å²) in [6.07, 6.45) is 3.01. The number of carbonyl (C=O) groups is 1. The Kier molecular flexibility index (Phi) is 5.65. The van der Waals surface area contributed by atoms with Crippen molar-refractivity contribution in [3.63, 3.8) is 0 Å². The quantitative estimate of drug-likeness (QED) is 0.825. The molecule has 1 amide bonds. The van der Waals surface area contributed by atoms with E-state index in [0.29, 0.717) is 18.0 Å². The van der Waals surface area contributed by atoms with Crippen LogP contribution in [-0.4, -0.2) is 29.8 Å². The molecule has 3 unspecified atom stereocenters. The molecule has 0 aromatic carbocycles. The maximum absolute atomic E-state index is 11.8. The predicted octanol–water partition coefficient (Wildman–Crippen LogP) is 3.07. The van der Waals surface area contributed by atoms with Gasteiger partial charge in [-0.3, -0.25) is 0 Å². The minimum atomic E-state index is -0.434. The highest BCUT2D eigenvalue weighted by Gasteiger charge is 2.31. The third kappa shape index (κ3) is 5.81. The van der Waals surface area contributed by atoms with E-state index in [1.54, 1.807) is 0 Å². The van der Waals surface area contributed by atoms with Gasteiger partial charge in [-0.05, 0) is 52.9 Å². The normalized spacial score (nSPS) is 25.4. The number of hydrogen-bond donors (Lipinski definition) is 2. The topological polar surface area (TPSA) is 50.4 Å². The van der Waals surface area contributed by atoms with Crippen LogP contribution in [0, 0.1) is 5.92 Å². The molecule has 112 valence electrons. The first-order valence-electron chi connectivity index (χ1n) is 7.44. The molecule has 0 radical (unpaired) electrons. The first kappa shape index (κ1) is 16.3. The molecule has 4 nitrogen and oxygen atoms in total. The standard InChI is InChI=1S/C15H30N2O2/c1-10(2)11(3)16-12-8-7-9-13(12)17-14(18)19-15(4,5)6/h10-13,16H,7-9H2,1-6H3,(H,17,18). The van der Waals surface area contributed by atoms with Crippen molar-refractivity contribution in [2.24, 2.45) is 5.92 Å². The van der Waals surface area contributed by atoms with Crippen LogP contribution in [0.2, 0.25) is 0 Å². The largest absolute Gasteiger partial charge is 0.444 e. The second-order valence-corrected chi connectivity index (χ2v) is 6.99. The summed E-state index contributed by atoms with van der Waals surface area (Å²) < 4.78 is 5.32. The van der Waals surface area contributed by atoms with Gasteiger partial charge in [0.1, 0.15) is 5.60 Å². The summed E-state index contributed by atoms with van der Waals surface area (Å²) >= 11 is 0. The van der Waals surface area contributed by atoms with Crippen molar-refractivity contribution in [2.45, 2.75) is 84.5 Å². The molecule has 3 atom stereocenters. The van der Waals surface area contributed by atoms with E-state index in [9.17, 15) is 4.79 Å². The Morgan fingerprint density at radius 3 is 2.26 bits per heavy atom. The van der Waals surface area contributed by atoms with E-state index in [-0.39, 0.29) is 12.1 Å². The van der Waals surface area contributed by atoms with Crippen molar-refractivity contribution in [3.05, 3.63) is 0 Å². The van der Waals surface area contributed by atoms with Gasteiger partial charge in [-0.1, -0.05) is 13.8 Å². The van der Waals surface area contributed by atoms with Gasteiger partial charge >= 0.3 is 6.09 Å². The van der Waals surface area contributed by atoms with Crippen LogP contribution in [0.5, 0.6) is 0 Å². The Morgan fingerprint density at radius 2 is 1.74 bits per heavy atom. The van der Waals surface area contributed by atoms with Crippen molar-refractivity contribution in [1.29, 1.82) is 0 Å². The smallest absolute Gasteiger partial charge is 0.407 e. The lowest BCUT2D eigenvalue weighted by molar-refractivity contribution is 0.0496. The van der Waals surface area contributed by atoms with Gasteiger partial charge < -0.3 is 15.4 Å². The number of amides is 1. The van der Waals surface area contributed by atoms with Gasteiger partial charge in [0.05, 0.1) is 0 Å². The summed E-state index contributed by atoms with van der Waals surface area (Å²) in [6.45, 7) is 12.3. The van der Waals surface area contributed by atoms with Gasteiger partial charge in [-0.15, -0.1) is 0 Å². The number of carbonyl (C=O) groups excluding carboxylic acids is 1. The van der Waals surface area contributed by atoms with Crippen LogP contribution < -0.4 is 10.6 Å². The molecule has 0 saturated heterocycles. The first-order valence-corrected chi connectivity index (χ1v) is 7.44.